The molecule has 0 bridgehead atoms. The molecule has 0 amide bonds. The van der Waals surface area contributed by atoms with E-state index in [0.29, 0.717) is 5.69 Å². The van der Waals surface area contributed by atoms with Gasteiger partial charge < -0.3 is 10.1 Å². The average molecular weight is 421 g/mol. The van der Waals surface area contributed by atoms with Gasteiger partial charge >= 0.3 is 12.8 Å². The summed E-state index contributed by atoms with van der Waals surface area (Å²) in [7, 11) is 0. The highest BCUT2D eigenvalue weighted by atomic mass is 19.4. The SMILES string of the molecule is FC(F)Oc1ccc(Nc2cccc(-c3c(C(F)(F)F)nc4cnccn34)n2)cc1. The third-order valence-electron chi connectivity index (χ3n) is 4.04. The zero-order valence-corrected chi connectivity index (χ0v) is 14.9. The Morgan fingerprint density at radius 3 is 2.47 bits per heavy atom. The second-order valence-corrected chi connectivity index (χ2v) is 6.05. The van der Waals surface area contributed by atoms with Crippen molar-refractivity contribution >= 4 is 17.2 Å². The summed E-state index contributed by atoms with van der Waals surface area (Å²) in [4.78, 5) is 11.7. The predicted molar refractivity (Wildman–Crippen MR) is 97.6 cm³/mol. The van der Waals surface area contributed by atoms with Crippen molar-refractivity contribution in [2.24, 2.45) is 0 Å². The zero-order valence-electron chi connectivity index (χ0n) is 14.9. The van der Waals surface area contributed by atoms with Gasteiger partial charge in [-0.1, -0.05) is 6.07 Å². The maximum atomic E-state index is 13.5. The fourth-order valence-electron chi connectivity index (χ4n) is 2.85. The number of hydrogen-bond donors (Lipinski definition) is 1. The number of benzene rings is 1. The first-order chi connectivity index (χ1) is 14.3. The van der Waals surface area contributed by atoms with Gasteiger partial charge in [0.2, 0.25) is 0 Å². The zero-order chi connectivity index (χ0) is 21.3. The minimum atomic E-state index is -4.69. The summed E-state index contributed by atoms with van der Waals surface area (Å²) in [6.45, 7) is -2.94. The smallest absolute Gasteiger partial charge is 0.435 e. The van der Waals surface area contributed by atoms with Gasteiger partial charge in [0.15, 0.2) is 11.3 Å². The number of ether oxygens (including phenoxy) is 1. The molecule has 0 fully saturated rings. The summed E-state index contributed by atoms with van der Waals surface area (Å²) in [6, 6.07) is 10.2. The topological polar surface area (TPSA) is 64.3 Å². The second kappa shape index (κ2) is 7.58. The van der Waals surface area contributed by atoms with Gasteiger partial charge in [-0.15, -0.1) is 0 Å². The molecule has 0 atom stereocenters. The third kappa shape index (κ3) is 4.00. The normalized spacial score (nSPS) is 11.8. The van der Waals surface area contributed by atoms with Crippen molar-refractivity contribution in [1.82, 2.24) is 19.4 Å². The van der Waals surface area contributed by atoms with Gasteiger partial charge in [-0.25, -0.2) is 9.97 Å². The molecule has 6 nitrogen and oxygen atoms in total. The molecule has 4 rings (SSSR count). The molecule has 0 saturated carbocycles. The Labute approximate surface area is 166 Å². The van der Waals surface area contributed by atoms with Gasteiger partial charge in [0.25, 0.3) is 0 Å². The van der Waals surface area contributed by atoms with E-state index in [4.69, 9.17) is 0 Å². The molecule has 154 valence electrons. The third-order valence-corrected chi connectivity index (χ3v) is 4.04. The van der Waals surface area contributed by atoms with Gasteiger partial charge in [-0.3, -0.25) is 9.38 Å². The number of halogens is 5. The van der Waals surface area contributed by atoms with Crippen LogP contribution in [0.4, 0.5) is 33.5 Å². The van der Waals surface area contributed by atoms with Crippen LogP contribution in [-0.2, 0) is 6.18 Å². The van der Waals surface area contributed by atoms with Gasteiger partial charge in [0.1, 0.15) is 17.3 Å². The predicted octanol–water partition coefficient (Wildman–Crippen LogP) is 5.16. The Hall–Kier alpha value is -3.76. The maximum absolute atomic E-state index is 13.5. The molecule has 0 aliphatic rings. The Morgan fingerprint density at radius 2 is 1.77 bits per heavy atom. The van der Waals surface area contributed by atoms with Gasteiger partial charge in [0, 0.05) is 18.1 Å². The number of anilines is 2. The molecular formula is C19H12F5N5O. The molecule has 30 heavy (non-hydrogen) atoms. The summed E-state index contributed by atoms with van der Waals surface area (Å²) in [6.07, 6.45) is -0.739. The fraction of sp³-hybridized carbons (Fsp3) is 0.105. The fourth-order valence-corrected chi connectivity index (χ4v) is 2.85. The van der Waals surface area contributed by atoms with Crippen LogP contribution < -0.4 is 10.1 Å². The largest absolute Gasteiger partial charge is 0.435 e. The highest BCUT2D eigenvalue weighted by molar-refractivity contribution is 5.67. The van der Waals surface area contributed by atoms with E-state index in [1.807, 2.05) is 0 Å². The highest BCUT2D eigenvalue weighted by Crippen LogP contribution is 2.36. The lowest BCUT2D eigenvalue weighted by molar-refractivity contribution is -0.140. The monoisotopic (exact) mass is 421 g/mol. The van der Waals surface area contributed by atoms with E-state index < -0.39 is 18.5 Å². The maximum Gasteiger partial charge on any atom is 0.435 e. The number of hydrogen-bond acceptors (Lipinski definition) is 5. The first-order valence-electron chi connectivity index (χ1n) is 8.50. The van der Waals surface area contributed by atoms with Crippen molar-refractivity contribution < 1.29 is 26.7 Å². The van der Waals surface area contributed by atoms with Crippen LogP contribution in [0.15, 0.2) is 61.1 Å². The number of nitrogens with one attached hydrogen (secondary N) is 1. The molecule has 3 heterocycles. The molecule has 11 heteroatoms. The van der Waals surface area contributed by atoms with Crippen LogP contribution in [0.25, 0.3) is 17.0 Å². The van der Waals surface area contributed by atoms with Crippen LogP contribution in [0, 0.1) is 0 Å². The van der Waals surface area contributed by atoms with Crippen LogP contribution in [0.3, 0.4) is 0 Å². The van der Waals surface area contributed by atoms with Gasteiger partial charge in [0.05, 0.1) is 11.9 Å². The van der Waals surface area contributed by atoms with E-state index >= 15 is 0 Å². The van der Waals surface area contributed by atoms with E-state index in [1.165, 1.54) is 53.3 Å². The molecule has 0 aliphatic heterocycles. The van der Waals surface area contributed by atoms with Crippen molar-refractivity contribution in [2.45, 2.75) is 12.8 Å². The van der Waals surface area contributed by atoms with E-state index in [-0.39, 0.29) is 28.6 Å². The molecule has 0 unspecified atom stereocenters. The summed E-state index contributed by atoms with van der Waals surface area (Å²) < 4.78 is 70.6. The molecule has 3 aromatic heterocycles. The van der Waals surface area contributed by atoms with Crippen LogP contribution >= 0.6 is 0 Å². The van der Waals surface area contributed by atoms with E-state index in [2.05, 4.69) is 25.0 Å². The van der Waals surface area contributed by atoms with Crippen molar-refractivity contribution in [2.75, 3.05) is 5.32 Å². The number of fused-ring (bicyclic) bond motifs is 1. The second-order valence-electron chi connectivity index (χ2n) is 6.05. The number of alkyl halides is 5. The van der Waals surface area contributed by atoms with Crippen LogP contribution in [0.5, 0.6) is 5.75 Å². The summed E-state index contributed by atoms with van der Waals surface area (Å²) in [5, 5.41) is 2.92. The van der Waals surface area contributed by atoms with E-state index in [1.54, 1.807) is 12.1 Å². The molecular weight excluding hydrogens is 409 g/mol. The lowest BCUT2D eigenvalue weighted by Gasteiger charge is -2.11. The van der Waals surface area contributed by atoms with E-state index in [9.17, 15) is 22.0 Å². The summed E-state index contributed by atoms with van der Waals surface area (Å²) in [5.74, 6) is 0.235. The first kappa shape index (κ1) is 19.6. The minimum absolute atomic E-state index is 0.0218. The highest BCUT2D eigenvalue weighted by Gasteiger charge is 2.38. The molecule has 0 spiro atoms. The Kier molecular flexibility index (Phi) is 4.94. The standard InChI is InChI=1S/C19H12F5N5O/c20-18(21)30-12-6-4-11(5-7-12)26-14-3-1-2-13(27-14)16-17(19(22,23)24)28-15-10-25-8-9-29(15)16/h1-10,18H,(H,26,27). The molecule has 0 saturated heterocycles. The van der Waals surface area contributed by atoms with Crippen molar-refractivity contribution in [1.29, 1.82) is 0 Å². The Bertz CT molecular complexity index is 1170. The molecule has 1 N–H and O–H groups in total. The minimum Gasteiger partial charge on any atom is -0.435 e. The number of nitrogens with zero attached hydrogens (tertiary/aromatic N) is 4. The number of rotatable bonds is 5. The molecule has 0 radical (unpaired) electrons. The lowest BCUT2D eigenvalue weighted by atomic mass is 10.2. The number of aromatic nitrogens is 4. The summed E-state index contributed by atoms with van der Waals surface area (Å²) >= 11 is 0. The molecule has 4 aromatic rings. The number of pyridine rings is 1. The van der Waals surface area contributed by atoms with Crippen LogP contribution in [0.1, 0.15) is 5.69 Å². The van der Waals surface area contributed by atoms with Gasteiger partial charge in [-0.05, 0) is 36.4 Å². The lowest BCUT2D eigenvalue weighted by Crippen LogP contribution is -2.08. The summed E-state index contributed by atoms with van der Waals surface area (Å²) in [5.41, 5.74) is -0.726. The molecule has 0 aliphatic carbocycles. The van der Waals surface area contributed by atoms with Crippen molar-refractivity contribution in [3.63, 3.8) is 0 Å². The van der Waals surface area contributed by atoms with Crippen molar-refractivity contribution in [3.05, 3.63) is 66.7 Å². The van der Waals surface area contributed by atoms with Crippen LogP contribution in [0.2, 0.25) is 0 Å². The first-order valence-corrected chi connectivity index (χ1v) is 8.50. The van der Waals surface area contributed by atoms with Gasteiger partial charge in [-0.2, -0.15) is 22.0 Å². The molecule has 1 aromatic carbocycles. The van der Waals surface area contributed by atoms with Crippen LogP contribution in [-0.4, -0.2) is 26.0 Å². The number of imidazole rings is 1. The quantitative estimate of drug-likeness (QED) is 0.452. The van der Waals surface area contributed by atoms with Crippen molar-refractivity contribution in [3.8, 4) is 17.1 Å². The van der Waals surface area contributed by atoms with E-state index in [0.717, 1.165) is 0 Å². The Balaban J connectivity index is 1.69. The Morgan fingerprint density at radius 1 is 1.00 bits per heavy atom. The average Bonchev–Trinajstić information content (AvgIpc) is 3.10.